The first kappa shape index (κ1) is 11.1. The van der Waals surface area contributed by atoms with Gasteiger partial charge >= 0.3 is 0 Å². The summed E-state index contributed by atoms with van der Waals surface area (Å²) in [4.78, 5) is 0. The second-order valence-electron chi connectivity index (χ2n) is 3.54. The van der Waals surface area contributed by atoms with Gasteiger partial charge in [-0.25, -0.2) is 0 Å². The summed E-state index contributed by atoms with van der Waals surface area (Å²) in [7, 11) is 0. The summed E-state index contributed by atoms with van der Waals surface area (Å²) in [5.74, 6) is 0.580. The highest BCUT2D eigenvalue weighted by molar-refractivity contribution is 7.13. The molecule has 0 unspecified atom stereocenters. The lowest BCUT2D eigenvalue weighted by molar-refractivity contribution is 0.277. The molecule has 8 heteroatoms. The van der Waals surface area contributed by atoms with Gasteiger partial charge in [-0.1, -0.05) is 16.6 Å². The van der Waals surface area contributed by atoms with Crippen molar-refractivity contribution in [3.05, 3.63) is 29.1 Å². The highest BCUT2D eigenvalue weighted by Gasteiger charge is 2.19. The van der Waals surface area contributed by atoms with Crippen LogP contribution in [-0.4, -0.2) is 30.3 Å². The standard InChI is InChI=1S/C10H9N5O2S/c1-6-11-13-10(18-6)15-9(7(5-16)12-14-15)8-3-2-4-17-8/h2-4,16H,5H2,1H3. The van der Waals surface area contributed by atoms with Crippen LogP contribution in [0.4, 0.5) is 0 Å². The third-order valence-corrected chi connectivity index (χ3v) is 3.16. The van der Waals surface area contributed by atoms with Crippen LogP contribution in [0.2, 0.25) is 0 Å². The van der Waals surface area contributed by atoms with Gasteiger partial charge in [0.2, 0.25) is 5.13 Å². The fraction of sp³-hybridized carbons (Fsp3) is 0.200. The second-order valence-corrected chi connectivity index (χ2v) is 4.70. The van der Waals surface area contributed by atoms with Crippen LogP contribution >= 0.6 is 11.3 Å². The molecule has 3 rings (SSSR count). The minimum atomic E-state index is -0.214. The van der Waals surface area contributed by atoms with Crippen molar-refractivity contribution in [2.75, 3.05) is 0 Å². The van der Waals surface area contributed by atoms with Crippen LogP contribution in [0.25, 0.3) is 16.6 Å². The van der Waals surface area contributed by atoms with E-state index in [1.165, 1.54) is 16.0 Å². The van der Waals surface area contributed by atoms with Gasteiger partial charge < -0.3 is 9.52 Å². The van der Waals surface area contributed by atoms with Crippen LogP contribution in [0, 0.1) is 6.92 Å². The second kappa shape index (κ2) is 4.31. The Morgan fingerprint density at radius 1 is 1.39 bits per heavy atom. The van der Waals surface area contributed by atoms with Crippen molar-refractivity contribution < 1.29 is 9.52 Å². The van der Waals surface area contributed by atoms with E-state index < -0.39 is 0 Å². The molecule has 0 aliphatic rings. The maximum Gasteiger partial charge on any atom is 0.234 e. The third-order valence-electron chi connectivity index (χ3n) is 2.34. The molecular weight excluding hydrogens is 254 g/mol. The lowest BCUT2D eigenvalue weighted by Crippen LogP contribution is -1.99. The molecule has 0 bridgehead atoms. The number of nitrogens with zero attached hydrogens (tertiary/aromatic N) is 5. The van der Waals surface area contributed by atoms with Gasteiger partial charge in [0.25, 0.3) is 0 Å². The molecule has 0 saturated heterocycles. The van der Waals surface area contributed by atoms with Crippen molar-refractivity contribution in [1.82, 2.24) is 25.2 Å². The Morgan fingerprint density at radius 3 is 2.89 bits per heavy atom. The molecule has 3 aromatic rings. The summed E-state index contributed by atoms with van der Waals surface area (Å²) in [5, 5.41) is 26.6. The van der Waals surface area contributed by atoms with Crippen molar-refractivity contribution in [3.63, 3.8) is 0 Å². The van der Waals surface area contributed by atoms with Gasteiger partial charge in [0.15, 0.2) is 5.76 Å². The smallest absolute Gasteiger partial charge is 0.234 e. The SMILES string of the molecule is Cc1nnc(-n2nnc(CO)c2-c2ccco2)s1. The summed E-state index contributed by atoms with van der Waals surface area (Å²) >= 11 is 1.39. The molecule has 0 atom stereocenters. The van der Waals surface area contributed by atoms with E-state index in [1.54, 1.807) is 18.4 Å². The van der Waals surface area contributed by atoms with Crippen LogP contribution in [0.3, 0.4) is 0 Å². The highest BCUT2D eigenvalue weighted by atomic mass is 32.1. The molecule has 7 nitrogen and oxygen atoms in total. The van der Waals surface area contributed by atoms with Crippen LogP contribution in [0.1, 0.15) is 10.7 Å². The average molecular weight is 263 g/mol. The van der Waals surface area contributed by atoms with Gasteiger partial charge in [-0.15, -0.1) is 15.3 Å². The first-order valence-corrected chi connectivity index (χ1v) is 6.01. The minimum absolute atomic E-state index is 0.214. The maximum atomic E-state index is 9.29. The molecule has 1 N–H and O–H groups in total. The molecule has 0 amide bonds. The zero-order chi connectivity index (χ0) is 12.5. The van der Waals surface area contributed by atoms with Gasteiger partial charge in [0.05, 0.1) is 12.9 Å². The Bertz CT molecular complexity index is 658. The Morgan fingerprint density at radius 2 is 2.28 bits per heavy atom. The van der Waals surface area contributed by atoms with Crippen LogP contribution in [0.15, 0.2) is 22.8 Å². The van der Waals surface area contributed by atoms with E-state index in [2.05, 4.69) is 20.5 Å². The fourth-order valence-corrected chi connectivity index (χ4v) is 2.23. The molecule has 0 fully saturated rings. The number of hydrogen-bond acceptors (Lipinski definition) is 7. The zero-order valence-corrected chi connectivity index (χ0v) is 10.3. The van der Waals surface area contributed by atoms with Crippen LogP contribution < -0.4 is 0 Å². The predicted octanol–water partition coefficient (Wildman–Crippen LogP) is 1.18. The molecule has 3 heterocycles. The summed E-state index contributed by atoms with van der Waals surface area (Å²) < 4.78 is 6.86. The van der Waals surface area contributed by atoms with E-state index >= 15 is 0 Å². The molecule has 0 aliphatic heterocycles. The van der Waals surface area contributed by atoms with Crippen molar-refractivity contribution in [1.29, 1.82) is 0 Å². The van der Waals surface area contributed by atoms with E-state index in [4.69, 9.17) is 4.42 Å². The summed E-state index contributed by atoms with van der Waals surface area (Å²) in [6, 6.07) is 3.54. The molecule has 92 valence electrons. The van der Waals surface area contributed by atoms with Gasteiger partial charge in [-0.3, -0.25) is 0 Å². The quantitative estimate of drug-likeness (QED) is 0.763. The predicted molar refractivity (Wildman–Crippen MR) is 63.2 cm³/mol. The first-order valence-electron chi connectivity index (χ1n) is 5.19. The van der Waals surface area contributed by atoms with Crippen LogP contribution in [-0.2, 0) is 6.61 Å². The number of aryl methyl sites for hydroxylation is 1. The van der Waals surface area contributed by atoms with Gasteiger partial charge in [0.1, 0.15) is 16.4 Å². The lowest BCUT2D eigenvalue weighted by Gasteiger charge is -2.00. The van der Waals surface area contributed by atoms with Crippen molar-refractivity contribution >= 4 is 11.3 Å². The normalized spacial score (nSPS) is 11.0. The molecule has 0 spiro atoms. The number of aromatic nitrogens is 5. The van der Waals surface area contributed by atoms with E-state index in [1.807, 2.05) is 6.92 Å². The van der Waals surface area contributed by atoms with E-state index in [0.717, 1.165) is 5.01 Å². The first-order chi connectivity index (χ1) is 8.79. The lowest BCUT2D eigenvalue weighted by atomic mass is 10.2. The molecule has 0 aromatic carbocycles. The Balaban J connectivity index is 2.19. The molecule has 0 saturated carbocycles. The van der Waals surface area contributed by atoms with Crippen LogP contribution in [0.5, 0.6) is 0 Å². The number of hydrogen-bond donors (Lipinski definition) is 1. The minimum Gasteiger partial charge on any atom is -0.463 e. The topological polar surface area (TPSA) is 89.9 Å². The molecule has 0 radical (unpaired) electrons. The Kier molecular flexibility index (Phi) is 2.65. The monoisotopic (exact) mass is 263 g/mol. The van der Waals surface area contributed by atoms with E-state index in [0.29, 0.717) is 22.3 Å². The largest absolute Gasteiger partial charge is 0.463 e. The van der Waals surface area contributed by atoms with Gasteiger partial charge in [-0.05, 0) is 19.1 Å². The number of rotatable bonds is 3. The maximum absolute atomic E-state index is 9.29. The van der Waals surface area contributed by atoms with E-state index in [-0.39, 0.29) is 6.61 Å². The summed E-state index contributed by atoms with van der Waals surface area (Å²) in [5.41, 5.74) is 1.04. The number of furan rings is 1. The molecule has 18 heavy (non-hydrogen) atoms. The van der Waals surface area contributed by atoms with E-state index in [9.17, 15) is 5.11 Å². The Labute approximate surface area is 106 Å². The fourth-order valence-electron chi connectivity index (χ4n) is 1.59. The van der Waals surface area contributed by atoms with Crippen molar-refractivity contribution in [3.8, 4) is 16.6 Å². The Hall–Kier alpha value is -2.06. The molecule has 0 aliphatic carbocycles. The molecule has 3 aromatic heterocycles. The van der Waals surface area contributed by atoms with Crippen molar-refractivity contribution in [2.45, 2.75) is 13.5 Å². The number of aliphatic hydroxyl groups is 1. The highest BCUT2D eigenvalue weighted by Crippen LogP contribution is 2.26. The van der Waals surface area contributed by atoms with Gasteiger partial charge in [-0.2, -0.15) is 4.68 Å². The third kappa shape index (κ3) is 1.71. The number of aliphatic hydroxyl groups excluding tert-OH is 1. The zero-order valence-electron chi connectivity index (χ0n) is 9.44. The summed E-state index contributed by atoms with van der Waals surface area (Å²) in [6.45, 7) is 1.64. The summed E-state index contributed by atoms with van der Waals surface area (Å²) in [6.07, 6.45) is 1.55. The van der Waals surface area contributed by atoms with Gasteiger partial charge in [0, 0.05) is 0 Å². The molecular formula is C10H9N5O2S. The van der Waals surface area contributed by atoms with Crippen molar-refractivity contribution in [2.24, 2.45) is 0 Å². The average Bonchev–Trinajstić information content (AvgIpc) is 3.07.